The van der Waals surface area contributed by atoms with Crippen molar-refractivity contribution >= 4 is 23.6 Å². The molecular formula is C35H55N9O5. The summed E-state index contributed by atoms with van der Waals surface area (Å²) in [5.74, 6) is -1.58. The molecule has 14 nitrogen and oxygen atoms in total. The van der Waals surface area contributed by atoms with Gasteiger partial charge in [0.15, 0.2) is 0 Å². The number of fused-ring (bicyclic) bond motifs is 5. The summed E-state index contributed by atoms with van der Waals surface area (Å²) in [7, 11) is 0. The van der Waals surface area contributed by atoms with Crippen molar-refractivity contribution in [3.63, 3.8) is 0 Å². The number of carbonyl (C=O) groups is 4. The van der Waals surface area contributed by atoms with Crippen LogP contribution in [0.25, 0.3) is 11.1 Å². The van der Waals surface area contributed by atoms with Crippen LogP contribution < -0.4 is 49.9 Å². The Hall–Kier alpha value is -4.08. The van der Waals surface area contributed by atoms with Crippen molar-refractivity contribution in [1.82, 2.24) is 21.3 Å². The van der Waals surface area contributed by atoms with Gasteiger partial charge in [-0.2, -0.15) is 0 Å². The molecule has 15 N–H and O–H groups in total. The molecule has 1 aliphatic rings. The minimum atomic E-state index is -1.03. The molecule has 0 fully saturated rings. The number of phenols is 1. The highest BCUT2D eigenvalue weighted by atomic mass is 16.3. The number of rotatable bonds is 16. The molecule has 270 valence electrons. The van der Waals surface area contributed by atoms with Gasteiger partial charge in [0.2, 0.25) is 23.6 Å². The quantitative estimate of drug-likeness (QED) is 0.107. The summed E-state index contributed by atoms with van der Waals surface area (Å²) < 4.78 is 0. The lowest BCUT2D eigenvalue weighted by molar-refractivity contribution is -0.130. The minimum Gasteiger partial charge on any atom is -0.508 e. The summed E-state index contributed by atoms with van der Waals surface area (Å²) in [5.41, 5.74) is 32.4. The van der Waals surface area contributed by atoms with Crippen LogP contribution in [0.15, 0.2) is 42.5 Å². The van der Waals surface area contributed by atoms with Gasteiger partial charge < -0.3 is 55.0 Å². The number of hydrogen-bond donors (Lipinski definition) is 10. The SMILES string of the molecule is NCCC[C@H](N)CNC(=O)C[C@H](CCCN)NC(=O)CC1Cc2cccc(c2)-c2ccc(O)c(c2)C[C@H](N)C(=O)N[C@@H](CCCN)C(=O)N1. The van der Waals surface area contributed by atoms with Gasteiger partial charge in [0.25, 0.3) is 0 Å². The van der Waals surface area contributed by atoms with Crippen molar-refractivity contribution in [2.45, 2.75) is 94.4 Å². The lowest BCUT2D eigenvalue weighted by Crippen LogP contribution is -2.54. The van der Waals surface area contributed by atoms with Crippen LogP contribution in [0.4, 0.5) is 0 Å². The van der Waals surface area contributed by atoms with Gasteiger partial charge in [-0.05, 0) is 99.0 Å². The van der Waals surface area contributed by atoms with Crippen LogP contribution in [-0.2, 0) is 32.0 Å². The molecule has 4 amide bonds. The lowest BCUT2D eigenvalue weighted by Gasteiger charge is -2.25. The van der Waals surface area contributed by atoms with Crippen molar-refractivity contribution in [2.24, 2.45) is 28.7 Å². The number of hydrogen-bond acceptors (Lipinski definition) is 10. The fourth-order valence-electron chi connectivity index (χ4n) is 5.89. The molecule has 5 atom stereocenters. The summed E-state index contributed by atoms with van der Waals surface area (Å²) in [4.78, 5) is 53.1. The smallest absolute Gasteiger partial charge is 0.242 e. The molecule has 14 heteroatoms. The van der Waals surface area contributed by atoms with E-state index in [1.807, 2.05) is 24.3 Å². The Bertz CT molecular complexity index is 1390. The van der Waals surface area contributed by atoms with Crippen LogP contribution in [0.2, 0.25) is 0 Å². The average Bonchev–Trinajstić information content (AvgIpc) is 3.07. The lowest BCUT2D eigenvalue weighted by atomic mass is 9.95. The zero-order valence-corrected chi connectivity index (χ0v) is 28.3. The standard InChI is InChI=1S/C35H55N9O5/c36-12-2-7-26(39)21-41-32(46)19-27(8-3-13-37)42-33(47)20-28-16-22-5-1-6-23(15-22)24-10-11-31(45)25(17-24)18-29(40)34(48)44-30(9-4-14-38)35(49)43-28/h1,5-6,10-11,15,17,26-30,45H,2-4,7-9,12-14,16,18-21,36-40H2,(H,41,46)(H,42,47)(H,43,49)(H,44,48)/t26-,27-,28?,29-,30-/m0/s1. The van der Waals surface area contributed by atoms with E-state index in [0.717, 1.165) is 23.1 Å². The molecule has 1 unspecified atom stereocenters. The fourth-order valence-corrected chi connectivity index (χ4v) is 5.89. The third-order valence-electron chi connectivity index (χ3n) is 8.60. The van der Waals surface area contributed by atoms with Gasteiger partial charge in [-0.1, -0.05) is 30.3 Å². The van der Waals surface area contributed by atoms with E-state index < -0.39 is 36.0 Å². The summed E-state index contributed by atoms with van der Waals surface area (Å²) in [6, 6.07) is 9.53. The maximum Gasteiger partial charge on any atom is 0.242 e. The summed E-state index contributed by atoms with van der Waals surface area (Å²) in [5, 5.41) is 22.1. The number of phenolic OH excluding ortho intramolecular Hbond substituents is 1. The van der Waals surface area contributed by atoms with E-state index in [9.17, 15) is 24.3 Å². The number of nitrogens with one attached hydrogen (secondary N) is 4. The van der Waals surface area contributed by atoms with Crippen LogP contribution in [0.1, 0.15) is 62.5 Å². The molecule has 4 bridgehead atoms. The molecule has 0 aromatic heterocycles. The van der Waals surface area contributed by atoms with Crippen LogP contribution in [0, 0.1) is 0 Å². The highest BCUT2D eigenvalue weighted by Gasteiger charge is 2.28. The molecule has 2 aromatic carbocycles. The summed E-state index contributed by atoms with van der Waals surface area (Å²) >= 11 is 0. The van der Waals surface area contributed by atoms with Gasteiger partial charge in [0, 0.05) is 43.9 Å². The first-order valence-corrected chi connectivity index (χ1v) is 17.2. The predicted octanol–water partition coefficient (Wildman–Crippen LogP) is -0.620. The Balaban J connectivity index is 1.84. The molecule has 0 saturated heterocycles. The zero-order chi connectivity index (χ0) is 35.8. The minimum absolute atomic E-state index is 0.0179. The Labute approximate surface area is 288 Å². The molecular weight excluding hydrogens is 626 g/mol. The van der Waals surface area contributed by atoms with Gasteiger partial charge >= 0.3 is 0 Å². The molecule has 2 aromatic rings. The van der Waals surface area contributed by atoms with Crippen molar-refractivity contribution < 1.29 is 24.3 Å². The fraction of sp³-hybridized carbons (Fsp3) is 0.543. The van der Waals surface area contributed by atoms with Gasteiger partial charge in [0.05, 0.1) is 6.04 Å². The van der Waals surface area contributed by atoms with Crippen molar-refractivity contribution in [2.75, 3.05) is 26.2 Å². The van der Waals surface area contributed by atoms with Crippen molar-refractivity contribution in [1.29, 1.82) is 0 Å². The third kappa shape index (κ3) is 13.4. The summed E-state index contributed by atoms with van der Waals surface area (Å²) in [6.45, 7) is 1.54. The Morgan fingerprint density at radius 1 is 0.878 bits per heavy atom. The monoisotopic (exact) mass is 681 g/mol. The normalized spacial score (nSPS) is 19.4. The Kier molecular flexibility index (Phi) is 16.4. The third-order valence-corrected chi connectivity index (χ3v) is 8.60. The van der Waals surface area contributed by atoms with Gasteiger partial charge in [0.1, 0.15) is 11.8 Å². The van der Waals surface area contributed by atoms with Gasteiger partial charge in [-0.3, -0.25) is 19.2 Å². The maximum atomic E-state index is 13.7. The highest BCUT2D eigenvalue weighted by Crippen LogP contribution is 2.28. The topological polar surface area (TPSA) is 267 Å². The number of benzene rings is 2. The van der Waals surface area contributed by atoms with Crippen molar-refractivity contribution in [3.05, 3.63) is 53.6 Å². The van der Waals surface area contributed by atoms with Crippen LogP contribution >= 0.6 is 0 Å². The summed E-state index contributed by atoms with van der Waals surface area (Å²) in [6.07, 6.45) is 3.62. The maximum absolute atomic E-state index is 13.7. The van der Waals surface area contributed by atoms with E-state index in [1.54, 1.807) is 18.2 Å². The predicted molar refractivity (Wildman–Crippen MR) is 190 cm³/mol. The average molecular weight is 682 g/mol. The molecule has 0 radical (unpaired) electrons. The van der Waals surface area contributed by atoms with Crippen LogP contribution in [0.5, 0.6) is 5.75 Å². The van der Waals surface area contributed by atoms with E-state index in [4.69, 9.17) is 28.7 Å². The molecule has 1 aliphatic heterocycles. The van der Waals surface area contributed by atoms with Crippen molar-refractivity contribution in [3.8, 4) is 16.9 Å². The zero-order valence-electron chi connectivity index (χ0n) is 28.3. The molecule has 0 spiro atoms. The van der Waals surface area contributed by atoms with Crippen LogP contribution in [-0.4, -0.2) is 85.1 Å². The second-order valence-electron chi connectivity index (χ2n) is 12.9. The first kappa shape index (κ1) is 39.4. The first-order chi connectivity index (χ1) is 23.5. The van der Waals surface area contributed by atoms with Crippen LogP contribution in [0.3, 0.4) is 0 Å². The van der Waals surface area contributed by atoms with E-state index in [1.165, 1.54) is 0 Å². The second kappa shape index (κ2) is 20.4. The second-order valence-corrected chi connectivity index (χ2v) is 12.9. The van der Waals surface area contributed by atoms with Gasteiger partial charge in [-0.25, -0.2) is 0 Å². The van der Waals surface area contributed by atoms with Gasteiger partial charge in [-0.15, -0.1) is 0 Å². The van der Waals surface area contributed by atoms with E-state index in [0.29, 0.717) is 63.8 Å². The Morgan fingerprint density at radius 3 is 2.33 bits per heavy atom. The van der Waals surface area contributed by atoms with E-state index in [2.05, 4.69) is 21.3 Å². The Morgan fingerprint density at radius 2 is 1.59 bits per heavy atom. The first-order valence-electron chi connectivity index (χ1n) is 17.2. The highest BCUT2D eigenvalue weighted by molar-refractivity contribution is 5.90. The molecule has 0 aliphatic carbocycles. The number of amides is 4. The van der Waals surface area contributed by atoms with E-state index >= 15 is 0 Å². The molecule has 1 heterocycles. The largest absolute Gasteiger partial charge is 0.508 e. The number of carbonyl (C=O) groups excluding carboxylic acids is 4. The van der Waals surface area contributed by atoms with E-state index in [-0.39, 0.29) is 49.3 Å². The molecule has 0 saturated carbocycles. The number of aromatic hydroxyl groups is 1. The number of nitrogens with two attached hydrogens (primary N) is 5. The molecule has 49 heavy (non-hydrogen) atoms. The molecule has 3 rings (SSSR count).